The Balaban J connectivity index is 1.94. The van der Waals surface area contributed by atoms with Gasteiger partial charge in [0.2, 0.25) is 0 Å². The van der Waals surface area contributed by atoms with Crippen molar-refractivity contribution in [2.75, 3.05) is 19.4 Å². The average molecular weight is 408 g/mol. The van der Waals surface area contributed by atoms with Crippen molar-refractivity contribution in [2.24, 2.45) is 0 Å². The Kier molecular flexibility index (Phi) is 4.63. The van der Waals surface area contributed by atoms with Crippen LogP contribution in [-0.4, -0.2) is 35.0 Å². The predicted molar refractivity (Wildman–Crippen MR) is 99.3 cm³/mol. The Morgan fingerprint density at radius 1 is 1.32 bits per heavy atom. The van der Waals surface area contributed by atoms with Gasteiger partial charge in [0.05, 0.1) is 21.0 Å². The number of halogens is 1. The molecule has 0 saturated carbocycles. The molecule has 0 spiro atoms. The van der Waals surface area contributed by atoms with Gasteiger partial charge in [0.15, 0.2) is 0 Å². The molecule has 2 aromatic rings. The van der Waals surface area contributed by atoms with Crippen molar-refractivity contribution in [3.05, 3.63) is 41.9 Å². The van der Waals surface area contributed by atoms with Crippen molar-refractivity contribution in [3.8, 4) is 11.3 Å². The second kappa shape index (κ2) is 6.50. The molecule has 2 aromatic heterocycles. The van der Waals surface area contributed by atoms with Gasteiger partial charge in [0, 0.05) is 30.5 Å². The van der Waals surface area contributed by atoms with Crippen LogP contribution in [0.5, 0.6) is 0 Å². The molecule has 0 bridgehead atoms. The van der Waals surface area contributed by atoms with Gasteiger partial charge < -0.3 is 10.2 Å². The molecule has 2 unspecified atom stereocenters. The number of nitrogens with one attached hydrogen (secondary N) is 1. The summed E-state index contributed by atoms with van der Waals surface area (Å²) in [5, 5.41) is 3.52. The zero-order valence-corrected chi connectivity index (χ0v) is 15.3. The van der Waals surface area contributed by atoms with Crippen LogP contribution in [0.15, 0.2) is 30.6 Å². The molecule has 0 amide bonds. The highest BCUT2D eigenvalue weighted by Crippen LogP contribution is 2.38. The average Bonchev–Trinajstić information content (AvgIpc) is 2.46. The summed E-state index contributed by atoms with van der Waals surface area (Å²) in [6.45, 7) is 3.11. The summed E-state index contributed by atoms with van der Waals surface area (Å²) in [5.74, 6) is 0. The number of rotatable bonds is 3. The van der Waals surface area contributed by atoms with Gasteiger partial charge in [-0.2, -0.15) is 0 Å². The molecule has 0 aromatic carbocycles. The minimum atomic E-state index is 0.460. The summed E-state index contributed by atoms with van der Waals surface area (Å²) in [6.07, 6.45) is 4.93. The number of nitrogens with zero attached hydrogens (tertiary/aromatic N) is 3. The molecule has 1 aliphatic heterocycles. The third-order valence-electron chi connectivity index (χ3n) is 3.77. The van der Waals surface area contributed by atoms with Crippen molar-refractivity contribution >= 4 is 28.3 Å². The molecule has 22 heavy (non-hydrogen) atoms. The Morgan fingerprint density at radius 2 is 2.14 bits per heavy atom. The Hall–Kier alpha value is -1.21. The summed E-state index contributed by atoms with van der Waals surface area (Å²) in [4.78, 5) is 11.4. The zero-order valence-electron chi connectivity index (χ0n) is 13.2. The SMILES string of the molecule is CC1CC(I)c2nc(-c3cncc(CN(C)C)c3)ccc2N1. The number of hydrogen-bond donors (Lipinski definition) is 1. The maximum Gasteiger partial charge on any atom is 0.0771 e. The first-order chi connectivity index (χ1) is 10.5. The van der Waals surface area contributed by atoms with E-state index >= 15 is 0 Å². The molecule has 3 rings (SSSR count). The molecule has 2 atom stereocenters. The van der Waals surface area contributed by atoms with E-state index in [2.05, 4.69) is 77.0 Å². The second-order valence-corrected chi connectivity index (χ2v) is 7.70. The van der Waals surface area contributed by atoms with Crippen molar-refractivity contribution in [3.63, 3.8) is 0 Å². The highest BCUT2D eigenvalue weighted by atomic mass is 127. The molecule has 4 nitrogen and oxygen atoms in total. The van der Waals surface area contributed by atoms with E-state index in [4.69, 9.17) is 4.98 Å². The first-order valence-electron chi connectivity index (χ1n) is 7.53. The van der Waals surface area contributed by atoms with Crippen LogP contribution in [0.4, 0.5) is 5.69 Å². The number of anilines is 1. The third-order valence-corrected chi connectivity index (χ3v) is 4.87. The molecule has 0 fully saturated rings. The van der Waals surface area contributed by atoms with E-state index in [9.17, 15) is 0 Å². The molecule has 1 N–H and O–H groups in total. The molecular formula is C17H21IN4. The lowest BCUT2D eigenvalue weighted by Gasteiger charge is -2.27. The van der Waals surface area contributed by atoms with Gasteiger partial charge in [-0.15, -0.1) is 0 Å². The first kappa shape index (κ1) is 15.7. The lowest BCUT2D eigenvalue weighted by molar-refractivity contribution is 0.402. The highest BCUT2D eigenvalue weighted by molar-refractivity contribution is 14.1. The van der Waals surface area contributed by atoms with E-state index in [0.717, 1.165) is 29.9 Å². The Labute approximate surface area is 145 Å². The number of pyridine rings is 2. The maximum absolute atomic E-state index is 4.90. The van der Waals surface area contributed by atoms with Crippen LogP contribution in [0.25, 0.3) is 11.3 Å². The lowest BCUT2D eigenvalue weighted by atomic mass is 10.0. The van der Waals surface area contributed by atoms with Crippen LogP contribution in [0, 0.1) is 0 Å². The van der Waals surface area contributed by atoms with Crippen LogP contribution < -0.4 is 5.32 Å². The molecule has 5 heteroatoms. The standard InChI is InChI=1S/C17H21IN4/c1-11-6-14(18)17-16(20-11)5-4-15(21-17)13-7-12(8-19-9-13)10-22(2)3/h4-5,7-9,11,14,20H,6,10H2,1-3H3. The summed E-state index contributed by atoms with van der Waals surface area (Å²) >= 11 is 2.50. The predicted octanol–water partition coefficient (Wildman–Crippen LogP) is 3.89. The maximum atomic E-state index is 4.90. The normalized spacial score (nSPS) is 20.6. The van der Waals surface area contributed by atoms with Crippen molar-refractivity contribution < 1.29 is 0 Å². The van der Waals surface area contributed by atoms with Crippen molar-refractivity contribution in [1.29, 1.82) is 0 Å². The molecule has 0 aliphatic carbocycles. The van der Waals surface area contributed by atoms with Gasteiger partial charge in [-0.3, -0.25) is 4.98 Å². The van der Waals surface area contributed by atoms with Gasteiger partial charge in [0.1, 0.15) is 0 Å². The largest absolute Gasteiger partial charge is 0.381 e. The Bertz CT molecular complexity index is 671. The monoisotopic (exact) mass is 408 g/mol. The quantitative estimate of drug-likeness (QED) is 0.618. The van der Waals surface area contributed by atoms with Gasteiger partial charge in [-0.25, -0.2) is 4.98 Å². The van der Waals surface area contributed by atoms with E-state index in [-0.39, 0.29) is 0 Å². The van der Waals surface area contributed by atoms with E-state index in [1.54, 1.807) is 0 Å². The summed E-state index contributed by atoms with van der Waals surface area (Å²) < 4.78 is 0.460. The number of aromatic nitrogens is 2. The van der Waals surface area contributed by atoms with Crippen LogP contribution >= 0.6 is 22.6 Å². The zero-order chi connectivity index (χ0) is 15.7. The van der Waals surface area contributed by atoms with Gasteiger partial charge in [-0.1, -0.05) is 22.6 Å². The van der Waals surface area contributed by atoms with Crippen LogP contribution in [-0.2, 0) is 6.54 Å². The fourth-order valence-electron chi connectivity index (χ4n) is 2.82. The summed E-state index contributed by atoms with van der Waals surface area (Å²) in [7, 11) is 4.13. The van der Waals surface area contributed by atoms with Crippen LogP contribution in [0.2, 0.25) is 0 Å². The van der Waals surface area contributed by atoms with E-state index in [0.29, 0.717) is 9.97 Å². The number of hydrogen-bond acceptors (Lipinski definition) is 4. The van der Waals surface area contributed by atoms with Crippen molar-refractivity contribution in [2.45, 2.75) is 29.9 Å². The fourth-order valence-corrected chi connectivity index (χ4v) is 4.06. The van der Waals surface area contributed by atoms with E-state index in [1.807, 2.05) is 12.4 Å². The second-order valence-electron chi connectivity index (χ2n) is 6.20. The van der Waals surface area contributed by atoms with Gasteiger partial charge in [-0.05, 0) is 51.2 Å². The van der Waals surface area contributed by atoms with Gasteiger partial charge >= 0.3 is 0 Å². The molecule has 1 aliphatic rings. The lowest BCUT2D eigenvalue weighted by Crippen LogP contribution is -2.24. The molecular weight excluding hydrogens is 387 g/mol. The number of fused-ring (bicyclic) bond motifs is 1. The molecule has 0 radical (unpaired) electrons. The van der Waals surface area contributed by atoms with E-state index in [1.165, 1.54) is 11.3 Å². The topological polar surface area (TPSA) is 41.1 Å². The van der Waals surface area contributed by atoms with Crippen molar-refractivity contribution in [1.82, 2.24) is 14.9 Å². The molecule has 3 heterocycles. The fraction of sp³-hybridized carbons (Fsp3) is 0.412. The first-order valence-corrected chi connectivity index (χ1v) is 8.78. The minimum Gasteiger partial charge on any atom is -0.381 e. The highest BCUT2D eigenvalue weighted by Gasteiger charge is 2.23. The Morgan fingerprint density at radius 3 is 2.91 bits per heavy atom. The van der Waals surface area contributed by atoms with Crippen LogP contribution in [0.1, 0.15) is 28.5 Å². The number of alkyl halides is 1. The van der Waals surface area contributed by atoms with Crippen LogP contribution in [0.3, 0.4) is 0 Å². The minimum absolute atomic E-state index is 0.460. The summed E-state index contributed by atoms with van der Waals surface area (Å²) in [6, 6.07) is 6.93. The smallest absolute Gasteiger partial charge is 0.0771 e. The van der Waals surface area contributed by atoms with Gasteiger partial charge in [0.25, 0.3) is 0 Å². The third kappa shape index (κ3) is 3.41. The van der Waals surface area contributed by atoms with E-state index < -0.39 is 0 Å². The molecule has 116 valence electrons. The summed E-state index contributed by atoms with van der Waals surface area (Å²) in [5.41, 5.74) is 5.63. The molecule has 0 saturated heterocycles.